The van der Waals surface area contributed by atoms with E-state index in [0.29, 0.717) is 5.92 Å². The number of piperidine rings is 1. The van der Waals surface area contributed by atoms with E-state index in [-0.39, 0.29) is 0 Å². The van der Waals surface area contributed by atoms with Gasteiger partial charge in [0, 0.05) is 24.3 Å². The zero-order valence-corrected chi connectivity index (χ0v) is 20.2. The first-order valence-electron chi connectivity index (χ1n) is 12.0. The van der Waals surface area contributed by atoms with Crippen LogP contribution in [-0.4, -0.2) is 70.2 Å². The van der Waals surface area contributed by atoms with Gasteiger partial charge in [-0.3, -0.25) is 9.47 Å². The lowest BCUT2D eigenvalue weighted by atomic mass is 9.95. The fourth-order valence-corrected chi connectivity index (χ4v) is 5.83. The summed E-state index contributed by atoms with van der Waals surface area (Å²) in [6.07, 6.45) is 6.55. The van der Waals surface area contributed by atoms with Crippen LogP contribution < -0.4 is 4.74 Å². The molecule has 33 heavy (non-hydrogen) atoms. The Labute approximate surface area is 200 Å². The zero-order chi connectivity index (χ0) is 22.5. The van der Waals surface area contributed by atoms with Crippen molar-refractivity contribution < 1.29 is 9.15 Å². The third kappa shape index (κ3) is 5.45. The second-order valence-electron chi connectivity index (χ2n) is 8.90. The molecule has 2 aliphatic rings. The third-order valence-corrected chi connectivity index (χ3v) is 7.63. The highest BCUT2D eigenvalue weighted by atomic mass is 32.2. The van der Waals surface area contributed by atoms with Crippen molar-refractivity contribution >= 4 is 11.8 Å². The van der Waals surface area contributed by atoms with Crippen LogP contribution in [0.25, 0.3) is 5.69 Å². The summed E-state index contributed by atoms with van der Waals surface area (Å²) in [6.45, 7) is 6.51. The smallest absolute Gasteiger partial charge is 0.195 e. The molecule has 0 radical (unpaired) electrons. The summed E-state index contributed by atoms with van der Waals surface area (Å²) >= 11 is 1.81. The lowest BCUT2D eigenvalue weighted by Gasteiger charge is -2.31. The molecule has 2 aliphatic heterocycles. The topological polar surface area (TPSA) is 59.6 Å². The molecule has 0 unspecified atom stereocenters. The van der Waals surface area contributed by atoms with Gasteiger partial charge in [-0.1, -0.05) is 17.8 Å². The molecule has 0 saturated carbocycles. The van der Waals surface area contributed by atoms with Crippen molar-refractivity contribution in [3.8, 4) is 11.4 Å². The van der Waals surface area contributed by atoms with Crippen molar-refractivity contribution in [3.05, 3.63) is 54.2 Å². The Morgan fingerprint density at radius 2 is 1.88 bits per heavy atom. The molecule has 2 aromatic heterocycles. The molecule has 0 aliphatic carbocycles. The minimum Gasteiger partial charge on any atom is -0.497 e. The summed E-state index contributed by atoms with van der Waals surface area (Å²) in [5, 5.41) is 10.4. The Balaban J connectivity index is 1.32. The average Bonchev–Trinajstić information content (AvgIpc) is 3.62. The van der Waals surface area contributed by atoms with Gasteiger partial charge in [-0.2, -0.15) is 0 Å². The normalized spacial score (nSPS) is 18.2. The molecule has 0 spiro atoms. The number of furan rings is 1. The first-order chi connectivity index (χ1) is 16.3. The van der Waals surface area contributed by atoms with Gasteiger partial charge in [-0.25, -0.2) is 0 Å². The van der Waals surface area contributed by atoms with Crippen molar-refractivity contribution in [3.63, 3.8) is 0 Å². The monoisotopic (exact) mass is 467 g/mol. The molecular formula is C25H33N5O2S. The van der Waals surface area contributed by atoms with E-state index in [1.54, 1.807) is 13.4 Å². The molecule has 0 bridgehead atoms. The Kier molecular flexibility index (Phi) is 7.34. The summed E-state index contributed by atoms with van der Waals surface area (Å²) in [5.41, 5.74) is 1.08. The van der Waals surface area contributed by atoms with Crippen LogP contribution >= 0.6 is 11.8 Å². The first-order valence-corrected chi connectivity index (χ1v) is 13.0. The Morgan fingerprint density at radius 3 is 2.64 bits per heavy atom. The fourth-order valence-electron chi connectivity index (χ4n) is 4.88. The van der Waals surface area contributed by atoms with Crippen LogP contribution in [0.3, 0.4) is 0 Å². The number of aromatic nitrogens is 3. The SMILES string of the molecule is COc1cccc(-n2c(SCCN3CCCC3)nnc2C2CCN(Cc3ccco3)CC2)c1. The number of likely N-dealkylation sites (tertiary alicyclic amines) is 2. The predicted molar refractivity (Wildman–Crippen MR) is 130 cm³/mol. The highest BCUT2D eigenvalue weighted by molar-refractivity contribution is 7.99. The van der Waals surface area contributed by atoms with Crippen LogP contribution in [0, 0.1) is 0 Å². The Hall–Kier alpha value is -2.29. The maximum absolute atomic E-state index is 5.54. The molecule has 8 heteroatoms. The number of methoxy groups -OCH3 is 1. The lowest BCUT2D eigenvalue weighted by Crippen LogP contribution is -2.33. The van der Waals surface area contributed by atoms with E-state index in [1.807, 2.05) is 30.0 Å². The van der Waals surface area contributed by atoms with Crippen molar-refractivity contribution in [1.29, 1.82) is 0 Å². The minimum atomic E-state index is 0.393. The van der Waals surface area contributed by atoms with Crippen molar-refractivity contribution in [1.82, 2.24) is 24.6 Å². The van der Waals surface area contributed by atoms with E-state index in [0.717, 1.165) is 73.0 Å². The predicted octanol–water partition coefficient (Wildman–Crippen LogP) is 4.44. The van der Waals surface area contributed by atoms with E-state index >= 15 is 0 Å². The molecule has 0 amide bonds. The molecule has 1 aromatic carbocycles. The van der Waals surface area contributed by atoms with Gasteiger partial charge in [0.25, 0.3) is 0 Å². The molecule has 2 fully saturated rings. The molecule has 7 nitrogen and oxygen atoms in total. The van der Waals surface area contributed by atoms with Gasteiger partial charge < -0.3 is 14.1 Å². The van der Waals surface area contributed by atoms with Gasteiger partial charge in [0.1, 0.15) is 17.3 Å². The Bertz CT molecular complexity index is 1010. The largest absolute Gasteiger partial charge is 0.497 e. The molecule has 0 atom stereocenters. The summed E-state index contributed by atoms with van der Waals surface area (Å²) in [5.74, 6) is 4.39. The molecule has 3 aromatic rings. The number of hydrogen-bond donors (Lipinski definition) is 0. The van der Waals surface area contributed by atoms with Gasteiger partial charge in [-0.15, -0.1) is 10.2 Å². The van der Waals surface area contributed by atoms with Gasteiger partial charge in [0.15, 0.2) is 5.16 Å². The summed E-state index contributed by atoms with van der Waals surface area (Å²) in [7, 11) is 1.71. The quantitative estimate of drug-likeness (QED) is 0.431. The van der Waals surface area contributed by atoms with E-state index in [4.69, 9.17) is 14.3 Å². The van der Waals surface area contributed by atoms with Crippen LogP contribution in [0.15, 0.2) is 52.2 Å². The summed E-state index contributed by atoms with van der Waals surface area (Å²) < 4.78 is 13.3. The van der Waals surface area contributed by atoms with Crippen LogP contribution in [-0.2, 0) is 6.54 Å². The van der Waals surface area contributed by atoms with Gasteiger partial charge >= 0.3 is 0 Å². The van der Waals surface area contributed by atoms with Crippen LogP contribution in [0.2, 0.25) is 0 Å². The average molecular weight is 468 g/mol. The third-order valence-electron chi connectivity index (χ3n) is 6.72. The van der Waals surface area contributed by atoms with E-state index in [1.165, 1.54) is 25.9 Å². The molecule has 5 rings (SSSR count). The maximum atomic E-state index is 5.54. The molecule has 2 saturated heterocycles. The standard InChI is InChI=1S/C25H33N5O2S/c1-31-22-7-4-6-21(18-22)30-24(26-27-25(30)33-17-15-28-11-2-3-12-28)20-9-13-29(14-10-20)19-23-8-5-16-32-23/h4-8,16,18,20H,2-3,9-15,17,19H2,1H3. The van der Waals surface area contributed by atoms with Gasteiger partial charge in [0.2, 0.25) is 0 Å². The lowest BCUT2D eigenvalue weighted by molar-refractivity contribution is 0.187. The summed E-state index contributed by atoms with van der Waals surface area (Å²) in [6, 6.07) is 12.3. The number of rotatable bonds is 9. The van der Waals surface area contributed by atoms with Gasteiger partial charge in [0.05, 0.1) is 25.6 Å². The summed E-state index contributed by atoms with van der Waals surface area (Å²) in [4.78, 5) is 5.02. The van der Waals surface area contributed by atoms with Crippen LogP contribution in [0.4, 0.5) is 0 Å². The maximum Gasteiger partial charge on any atom is 0.195 e. The van der Waals surface area contributed by atoms with E-state index < -0.39 is 0 Å². The first kappa shape index (κ1) is 22.5. The number of benzene rings is 1. The van der Waals surface area contributed by atoms with Crippen LogP contribution in [0.5, 0.6) is 5.75 Å². The Morgan fingerprint density at radius 1 is 1.03 bits per heavy atom. The molecule has 176 valence electrons. The van der Waals surface area contributed by atoms with Crippen LogP contribution in [0.1, 0.15) is 43.2 Å². The second-order valence-corrected chi connectivity index (χ2v) is 9.97. The van der Waals surface area contributed by atoms with Crippen molar-refractivity contribution in [2.75, 3.05) is 45.6 Å². The van der Waals surface area contributed by atoms with Crippen molar-refractivity contribution in [2.45, 2.75) is 43.3 Å². The zero-order valence-electron chi connectivity index (χ0n) is 19.4. The highest BCUT2D eigenvalue weighted by Crippen LogP contribution is 2.33. The number of hydrogen-bond acceptors (Lipinski definition) is 7. The number of thioether (sulfide) groups is 1. The molecular weight excluding hydrogens is 434 g/mol. The van der Waals surface area contributed by atoms with E-state index in [2.05, 4.69) is 37.7 Å². The van der Waals surface area contributed by atoms with Gasteiger partial charge in [-0.05, 0) is 76.1 Å². The minimum absolute atomic E-state index is 0.393. The van der Waals surface area contributed by atoms with E-state index in [9.17, 15) is 0 Å². The number of ether oxygens (including phenoxy) is 1. The van der Waals surface area contributed by atoms with Crippen molar-refractivity contribution in [2.24, 2.45) is 0 Å². The fraction of sp³-hybridized carbons (Fsp3) is 0.520. The molecule has 0 N–H and O–H groups in total. The number of nitrogens with zero attached hydrogens (tertiary/aromatic N) is 5. The molecule has 4 heterocycles. The highest BCUT2D eigenvalue weighted by Gasteiger charge is 2.27. The second kappa shape index (κ2) is 10.8.